The SMILES string of the molecule is Cc1cc(N(C)C)nc(N2CCN(S(=O)(=O)c3cc(Cl)ccc3Cl)CC2)n1. The summed E-state index contributed by atoms with van der Waals surface area (Å²) in [5.41, 5.74) is 0.865. The van der Waals surface area contributed by atoms with Gasteiger partial charge in [0.1, 0.15) is 10.7 Å². The predicted molar refractivity (Wildman–Crippen MR) is 109 cm³/mol. The number of rotatable bonds is 4. The van der Waals surface area contributed by atoms with E-state index in [1.54, 1.807) is 6.07 Å². The van der Waals surface area contributed by atoms with Crippen molar-refractivity contribution in [2.45, 2.75) is 11.8 Å². The second kappa shape index (κ2) is 7.79. The topological polar surface area (TPSA) is 69.6 Å². The van der Waals surface area contributed by atoms with Crippen LogP contribution in [0.1, 0.15) is 5.69 Å². The molecule has 1 aromatic heterocycles. The van der Waals surface area contributed by atoms with Gasteiger partial charge >= 0.3 is 0 Å². The Morgan fingerprint density at radius 3 is 2.33 bits per heavy atom. The number of piperazine rings is 1. The van der Waals surface area contributed by atoms with Crippen molar-refractivity contribution in [3.8, 4) is 0 Å². The van der Waals surface area contributed by atoms with E-state index in [1.165, 1.54) is 16.4 Å². The summed E-state index contributed by atoms with van der Waals surface area (Å²) >= 11 is 12.0. The molecule has 10 heteroatoms. The first-order valence-electron chi connectivity index (χ1n) is 8.41. The zero-order chi connectivity index (χ0) is 19.8. The highest BCUT2D eigenvalue weighted by atomic mass is 35.5. The van der Waals surface area contributed by atoms with Crippen molar-refractivity contribution in [3.05, 3.63) is 40.0 Å². The first-order valence-corrected chi connectivity index (χ1v) is 10.6. The van der Waals surface area contributed by atoms with Gasteiger partial charge in [0, 0.05) is 57.1 Å². The number of aromatic nitrogens is 2. The number of nitrogens with zero attached hydrogens (tertiary/aromatic N) is 5. The number of hydrogen-bond acceptors (Lipinski definition) is 6. The number of hydrogen-bond donors (Lipinski definition) is 0. The predicted octanol–water partition coefficient (Wildman–Crippen LogP) is 2.67. The van der Waals surface area contributed by atoms with Gasteiger partial charge < -0.3 is 9.80 Å². The molecule has 0 radical (unpaired) electrons. The second-order valence-electron chi connectivity index (χ2n) is 6.53. The number of benzene rings is 1. The van der Waals surface area contributed by atoms with Crippen molar-refractivity contribution in [3.63, 3.8) is 0 Å². The summed E-state index contributed by atoms with van der Waals surface area (Å²) in [4.78, 5) is 13.0. The summed E-state index contributed by atoms with van der Waals surface area (Å²) < 4.78 is 27.3. The zero-order valence-corrected chi connectivity index (χ0v) is 17.7. The molecule has 0 bridgehead atoms. The molecule has 1 aromatic carbocycles. The van der Waals surface area contributed by atoms with E-state index in [0.717, 1.165) is 11.5 Å². The summed E-state index contributed by atoms with van der Waals surface area (Å²) in [7, 11) is 0.133. The van der Waals surface area contributed by atoms with Gasteiger partial charge in [-0.05, 0) is 25.1 Å². The molecule has 27 heavy (non-hydrogen) atoms. The maximum absolute atomic E-state index is 12.9. The molecule has 1 aliphatic rings. The van der Waals surface area contributed by atoms with Crippen LogP contribution in [-0.4, -0.2) is 63.0 Å². The lowest BCUT2D eigenvalue weighted by atomic mass is 10.3. The molecular formula is C17H21Cl2N5O2S. The van der Waals surface area contributed by atoms with E-state index in [-0.39, 0.29) is 9.92 Å². The van der Waals surface area contributed by atoms with Crippen LogP contribution in [0.25, 0.3) is 0 Å². The Balaban J connectivity index is 1.78. The van der Waals surface area contributed by atoms with Crippen LogP contribution in [0.5, 0.6) is 0 Å². The molecule has 0 N–H and O–H groups in total. The van der Waals surface area contributed by atoms with Crippen LogP contribution in [0.2, 0.25) is 10.0 Å². The van der Waals surface area contributed by atoms with Gasteiger partial charge in [-0.1, -0.05) is 23.2 Å². The lowest BCUT2D eigenvalue weighted by Gasteiger charge is -2.34. The van der Waals surface area contributed by atoms with E-state index in [1.807, 2.05) is 36.9 Å². The minimum Gasteiger partial charge on any atom is -0.363 e. The van der Waals surface area contributed by atoms with Gasteiger partial charge in [0.2, 0.25) is 16.0 Å². The largest absolute Gasteiger partial charge is 0.363 e. The van der Waals surface area contributed by atoms with Gasteiger partial charge in [-0.15, -0.1) is 0 Å². The molecule has 2 aromatic rings. The molecule has 146 valence electrons. The number of halogens is 2. The molecule has 2 heterocycles. The van der Waals surface area contributed by atoms with E-state index >= 15 is 0 Å². The highest BCUT2D eigenvalue weighted by Crippen LogP contribution is 2.28. The summed E-state index contributed by atoms with van der Waals surface area (Å²) in [6.07, 6.45) is 0. The van der Waals surface area contributed by atoms with Crippen molar-refractivity contribution >= 4 is 45.0 Å². The third-order valence-electron chi connectivity index (χ3n) is 4.32. The van der Waals surface area contributed by atoms with Crippen molar-refractivity contribution in [2.24, 2.45) is 0 Å². The van der Waals surface area contributed by atoms with Gasteiger partial charge in [-0.2, -0.15) is 9.29 Å². The normalized spacial score (nSPS) is 15.8. The van der Waals surface area contributed by atoms with Gasteiger partial charge in [0.15, 0.2) is 0 Å². The van der Waals surface area contributed by atoms with Crippen LogP contribution in [0.15, 0.2) is 29.2 Å². The lowest BCUT2D eigenvalue weighted by molar-refractivity contribution is 0.382. The summed E-state index contributed by atoms with van der Waals surface area (Å²) in [5, 5.41) is 0.500. The molecule has 0 aliphatic carbocycles. The Kier molecular flexibility index (Phi) is 5.81. The second-order valence-corrected chi connectivity index (χ2v) is 9.28. The molecule has 0 amide bonds. The number of sulfonamides is 1. The number of aryl methyl sites for hydroxylation is 1. The van der Waals surface area contributed by atoms with Crippen molar-refractivity contribution < 1.29 is 8.42 Å². The molecule has 3 rings (SSSR count). The highest BCUT2D eigenvalue weighted by Gasteiger charge is 2.31. The third kappa shape index (κ3) is 4.29. The summed E-state index contributed by atoms with van der Waals surface area (Å²) in [6.45, 7) is 3.54. The minimum atomic E-state index is -3.71. The fraction of sp³-hybridized carbons (Fsp3) is 0.412. The van der Waals surface area contributed by atoms with E-state index < -0.39 is 10.0 Å². The Labute approximate surface area is 169 Å². The van der Waals surface area contributed by atoms with E-state index in [0.29, 0.717) is 37.1 Å². The lowest BCUT2D eigenvalue weighted by Crippen LogP contribution is -2.49. The third-order valence-corrected chi connectivity index (χ3v) is 6.93. The average Bonchev–Trinajstić information content (AvgIpc) is 2.63. The van der Waals surface area contributed by atoms with Crippen molar-refractivity contribution in [1.29, 1.82) is 0 Å². The van der Waals surface area contributed by atoms with Crippen molar-refractivity contribution in [1.82, 2.24) is 14.3 Å². The molecule has 0 spiro atoms. The molecule has 0 saturated carbocycles. The first kappa shape index (κ1) is 20.1. The van der Waals surface area contributed by atoms with Crippen LogP contribution in [0.3, 0.4) is 0 Å². The van der Waals surface area contributed by atoms with E-state index in [9.17, 15) is 8.42 Å². The standard InChI is InChI=1S/C17H21Cl2N5O2S/c1-12-10-16(22(2)3)21-17(20-12)23-6-8-24(9-7-23)27(25,26)15-11-13(18)4-5-14(15)19/h4-5,10-11H,6-9H2,1-3H3. The molecule has 0 atom stereocenters. The van der Waals surface area contributed by atoms with Crippen LogP contribution in [0, 0.1) is 6.92 Å². The Bertz CT molecular complexity index is 944. The van der Waals surface area contributed by atoms with Crippen LogP contribution in [0.4, 0.5) is 11.8 Å². The molecule has 1 aliphatic heterocycles. The monoisotopic (exact) mass is 429 g/mol. The molecule has 7 nitrogen and oxygen atoms in total. The van der Waals surface area contributed by atoms with Crippen molar-refractivity contribution in [2.75, 3.05) is 50.1 Å². The van der Waals surface area contributed by atoms with Crippen LogP contribution in [-0.2, 0) is 10.0 Å². The van der Waals surface area contributed by atoms with E-state index in [4.69, 9.17) is 23.2 Å². The Morgan fingerprint density at radius 1 is 1.04 bits per heavy atom. The maximum atomic E-state index is 12.9. The quantitative estimate of drug-likeness (QED) is 0.743. The summed E-state index contributed by atoms with van der Waals surface area (Å²) in [6, 6.07) is 6.36. The van der Waals surface area contributed by atoms with Gasteiger partial charge in [-0.25, -0.2) is 13.4 Å². The van der Waals surface area contributed by atoms with Crippen LogP contribution < -0.4 is 9.80 Å². The fourth-order valence-electron chi connectivity index (χ4n) is 2.85. The van der Waals surface area contributed by atoms with Gasteiger partial charge in [0.25, 0.3) is 0 Å². The first-order chi connectivity index (χ1) is 12.7. The van der Waals surface area contributed by atoms with E-state index in [2.05, 4.69) is 9.97 Å². The molecule has 0 unspecified atom stereocenters. The highest BCUT2D eigenvalue weighted by molar-refractivity contribution is 7.89. The fourth-order valence-corrected chi connectivity index (χ4v) is 5.01. The average molecular weight is 430 g/mol. The zero-order valence-electron chi connectivity index (χ0n) is 15.4. The molecule has 1 fully saturated rings. The maximum Gasteiger partial charge on any atom is 0.244 e. The smallest absolute Gasteiger partial charge is 0.244 e. The minimum absolute atomic E-state index is 0.0341. The van der Waals surface area contributed by atoms with Crippen LogP contribution >= 0.6 is 23.2 Å². The Morgan fingerprint density at radius 2 is 1.70 bits per heavy atom. The van der Waals surface area contributed by atoms with Gasteiger partial charge in [0.05, 0.1) is 5.02 Å². The van der Waals surface area contributed by atoms with Gasteiger partial charge in [-0.3, -0.25) is 0 Å². The number of anilines is 2. The summed E-state index contributed by atoms with van der Waals surface area (Å²) in [5.74, 6) is 1.43. The Hall–Kier alpha value is -1.61. The molecular weight excluding hydrogens is 409 g/mol. The molecule has 1 saturated heterocycles.